The average Bonchev–Trinajstić information content (AvgIpc) is 2.77. The molecule has 0 N–H and O–H groups in total. The first-order chi connectivity index (χ1) is 6.09. The molecule has 0 spiro atoms. The lowest BCUT2D eigenvalue weighted by Gasteiger charge is -2.01. The van der Waals surface area contributed by atoms with E-state index in [1.165, 1.54) is 0 Å². The quantitative estimate of drug-likeness (QED) is 0.652. The van der Waals surface area contributed by atoms with Gasteiger partial charge in [-0.15, -0.1) is 0 Å². The van der Waals surface area contributed by atoms with Gasteiger partial charge in [0, 0.05) is 5.92 Å². The number of aryl methyl sites for hydroxylation is 1. The topological polar surface area (TPSA) is 25.8 Å². The summed E-state index contributed by atoms with van der Waals surface area (Å²) in [5.41, 5.74) is 0.342. The fourth-order valence-electron chi connectivity index (χ4n) is 1.39. The Morgan fingerprint density at radius 2 is 2.08 bits per heavy atom. The number of rotatable bonds is 1. The molecular formula is C9H10ClFN2. The van der Waals surface area contributed by atoms with Crippen LogP contribution in [-0.2, 0) is 0 Å². The Morgan fingerprint density at radius 3 is 2.54 bits per heavy atom. The molecule has 13 heavy (non-hydrogen) atoms. The molecule has 0 radical (unpaired) electrons. The molecule has 1 fully saturated rings. The van der Waals surface area contributed by atoms with Gasteiger partial charge in [-0.2, -0.15) is 0 Å². The van der Waals surface area contributed by atoms with Crippen molar-refractivity contribution in [2.45, 2.75) is 26.2 Å². The van der Waals surface area contributed by atoms with Crippen molar-refractivity contribution in [1.82, 2.24) is 9.97 Å². The third-order valence-electron chi connectivity index (χ3n) is 2.43. The summed E-state index contributed by atoms with van der Waals surface area (Å²) in [5.74, 6) is 1.19. The number of aromatic nitrogens is 2. The summed E-state index contributed by atoms with van der Waals surface area (Å²) < 4.78 is 13.0. The van der Waals surface area contributed by atoms with Crippen molar-refractivity contribution in [2.24, 2.45) is 5.92 Å². The summed E-state index contributed by atoms with van der Waals surface area (Å²) in [5, 5.41) is -0.0541. The first-order valence-electron chi connectivity index (χ1n) is 4.29. The van der Waals surface area contributed by atoms with Gasteiger partial charge >= 0.3 is 0 Å². The highest BCUT2D eigenvalue weighted by Gasteiger charge is 2.37. The van der Waals surface area contributed by atoms with E-state index in [1.54, 1.807) is 6.92 Å². The second-order valence-corrected chi connectivity index (χ2v) is 3.95. The van der Waals surface area contributed by atoms with Crippen molar-refractivity contribution >= 4 is 11.6 Å². The van der Waals surface area contributed by atoms with Crippen LogP contribution in [0.1, 0.15) is 30.8 Å². The summed E-state index contributed by atoms with van der Waals surface area (Å²) in [4.78, 5) is 8.00. The van der Waals surface area contributed by atoms with Crippen LogP contribution in [0, 0.1) is 18.7 Å². The van der Waals surface area contributed by atoms with E-state index in [0.29, 0.717) is 23.4 Å². The predicted molar refractivity (Wildman–Crippen MR) is 48.3 cm³/mol. The van der Waals surface area contributed by atoms with Crippen molar-refractivity contribution in [3.8, 4) is 0 Å². The van der Waals surface area contributed by atoms with Crippen molar-refractivity contribution in [1.29, 1.82) is 0 Å². The maximum Gasteiger partial charge on any atom is 0.181 e. The van der Waals surface area contributed by atoms with Gasteiger partial charge in [0.2, 0.25) is 0 Å². The lowest BCUT2D eigenvalue weighted by molar-refractivity contribution is 0.595. The Balaban J connectivity index is 2.39. The standard InChI is InChI=1S/C9H10ClFN2/c1-4-3-6(4)9-12-5(2)7(11)8(10)13-9/h4,6H,3H2,1-2H3. The van der Waals surface area contributed by atoms with E-state index >= 15 is 0 Å². The SMILES string of the molecule is Cc1nc(C2CC2C)nc(Cl)c1F. The van der Waals surface area contributed by atoms with E-state index in [1.807, 2.05) is 0 Å². The summed E-state index contributed by atoms with van der Waals surface area (Å²) in [6.45, 7) is 3.74. The number of hydrogen-bond acceptors (Lipinski definition) is 2. The van der Waals surface area contributed by atoms with Crippen LogP contribution in [0.15, 0.2) is 0 Å². The fourth-order valence-corrected chi connectivity index (χ4v) is 1.62. The highest BCUT2D eigenvalue weighted by atomic mass is 35.5. The smallest absolute Gasteiger partial charge is 0.181 e. The maximum absolute atomic E-state index is 13.0. The third-order valence-corrected chi connectivity index (χ3v) is 2.69. The van der Waals surface area contributed by atoms with E-state index in [2.05, 4.69) is 16.9 Å². The van der Waals surface area contributed by atoms with E-state index in [-0.39, 0.29) is 5.15 Å². The number of hydrogen-bond donors (Lipinski definition) is 0. The number of nitrogens with zero attached hydrogens (tertiary/aromatic N) is 2. The molecule has 1 aliphatic carbocycles. The third kappa shape index (κ3) is 1.53. The zero-order valence-electron chi connectivity index (χ0n) is 7.51. The molecular weight excluding hydrogens is 191 g/mol. The van der Waals surface area contributed by atoms with Gasteiger partial charge in [-0.3, -0.25) is 0 Å². The predicted octanol–water partition coefficient (Wildman–Crippen LogP) is 2.70. The highest BCUT2D eigenvalue weighted by molar-refractivity contribution is 6.29. The lowest BCUT2D eigenvalue weighted by Crippen LogP contribution is -2.00. The molecule has 0 saturated heterocycles. The molecule has 0 bridgehead atoms. The molecule has 0 aromatic carbocycles. The monoisotopic (exact) mass is 200 g/mol. The second kappa shape index (κ2) is 2.91. The van der Waals surface area contributed by atoms with Crippen molar-refractivity contribution < 1.29 is 4.39 Å². The molecule has 2 atom stereocenters. The van der Waals surface area contributed by atoms with Gasteiger partial charge in [-0.1, -0.05) is 18.5 Å². The van der Waals surface area contributed by atoms with Crippen LogP contribution in [0.25, 0.3) is 0 Å². The van der Waals surface area contributed by atoms with Crippen LogP contribution < -0.4 is 0 Å². The lowest BCUT2D eigenvalue weighted by atomic mass is 10.3. The minimum Gasteiger partial charge on any atom is -0.235 e. The molecule has 0 amide bonds. The Bertz CT molecular complexity index is 330. The van der Waals surface area contributed by atoms with E-state index in [9.17, 15) is 4.39 Å². The Hall–Kier alpha value is -0.700. The van der Waals surface area contributed by atoms with Crippen molar-refractivity contribution in [2.75, 3.05) is 0 Å². The Kier molecular flexibility index (Phi) is 1.99. The molecule has 2 nitrogen and oxygen atoms in total. The van der Waals surface area contributed by atoms with Gasteiger partial charge < -0.3 is 0 Å². The fraction of sp³-hybridized carbons (Fsp3) is 0.556. The van der Waals surface area contributed by atoms with Crippen LogP contribution in [0.3, 0.4) is 0 Å². The van der Waals surface area contributed by atoms with Crippen LogP contribution in [0.5, 0.6) is 0 Å². The van der Waals surface area contributed by atoms with Gasteiger partial charge in [0.05, 0.1) is 5.69 Å². The molecule has 4 heteroatoms. The number of halogens is 2. The van der Waals surface area contributed by atoms with Crippen LogP contribution in [0.2, 0.25) is 5.15 Å². The first-order valence-corrected chi connectivity index (χ1v) is 4.67. The highest BCUT2D eigenvalue weighted by Crippen LogP contribution is 2.45. The summed E-state index contributed by atoms with van der Waals surface area (Å²) in [6.07, 6.45) is 1.08. The minimum atomic E-state index is -0.501. The van der Waals surface area contributed by atoms with Crippen molar-refractivity contribution in [3.05, 3.63) is 22.5 Å². The van der Waals surface area contributed by atoms with E-state index in [0.717, 1.165) is 6.42 Å². The van der Waals surface area contributed by atoms with Gasteiger partial charge in [0.1, 0.15) is 5.82 Å². The largest absolute Gasteiger partial charge is 0.235 e. The maximum atomic E-state index is 13.0. The first kappa shape index (κ1) is 8.88. The van der Waals surface area contributed by atoms with Crippen molar-refractivity contribution in [3.63, 3.8) is 0 Å². The Labute approximate surface area is 81.2 Å². The van der Waals surface area contributed by atoms with E-state index in [4.69, 9.17) is 11.6 Å². The minimum absolute atomic E-state index is 0.0541. The van der Waals surface area contributed by atoms with Gasteiger partial charge in [-0.05, 0) is 19.3 Å². The zero-order chi connectivity index (χ0) is 9.59. The van der Waals surface area contributed by atoms with E-state index < -0.39 is 5.82 Å². The summed E-state index contributed by atoms with van der Waals surface area (Å²) >= 11 is 5.61. The van der Waals surface area contributed by atoms with Crippen LogP contribution >= 0.6 is 11.6 Å². The summed E-state index contributed by atoms with van der Waals surface area (Å²) in [6, 6.07) is 0. The van der Waals surface area contributed by atoms with Crippen LogP contribution in [0.4, 0.5) is 4.39 Å². The summed E-state index contributed by atoms with van der Waals surface area (Å²) in [7, 11) is 0. The van der Waals surface area contributed by atoms with Crippen LogP contribution in [-0.4, -0.2) is 9.97 Å². The molecule has 1 saturated carbocycles. The Morgan fingerprint density at radius 1 is 1.46 bits per heavy atom. The molecule has 1 aliphatic rings. The normalized spacial score (nSPS) is 26.2. The molecule has 1 heterocycles. The zero-order valence-corrected chi connectivity index (χ0v) is 8.27. The molecule has 2 rings (SSSR count). The molecule has 1 aromatic rings. The molecule has 0 aliphatic heterocycles. The van der Waals surface area contributed by atoms with Gasteiger partial charge in [-0.25, -0.2) is 14.4 Å². The average molecular weight is 201 g/mol. The molecule has 70 valence electrons. The van der Waals surface area contributed by atoms with Gasteiger partial charge in [0.15, 0.2) is 11.0 Å². The molecule has 2 unspecified atom stereocenters. The van der Waals surface area contributed by atoms with Gasteiger partial charge in [0.25, 0.3) is 0 Å². The second-order valence-electron chi connectivity index (χ2n) is 3.59. The molecule has 1 aromatic heterocycles.